The molecule has 0 aromatic heterocycles. The molecule has 0 radical (unpaired) electrons. The van der Waals surface area contributed by atoms with E-state index in [0.717, 1.165) is 6.54 Å². The molecule has 11 heavy (non-hydrogen) atoms. The smallest absolute Gasteiger partial charge is 0.0493 e. The van der Waals surface area contributed by atoms with Crippen LogP contribution in [0, 0.1) is 0 Å². The van der Waals surface area contributed by atoms with Gasteiger partial charge in [0.1, 0.15) is 0 Å². The zero-order chi connectivity index (χ0) is 7.84. The van der Waals surface area contributed by atoms with E-state index in [0.29, 0.717) is 0 Å². The van der Waals surface area contributed by atoms with Crippen molar-refractivity contribution in [3.8, 4) is 0 Å². The summed E-state index contributed by atoms with van der Waals surface area (Å²) in [5, 5.41) is 0. The van der Waals surface area contributed by atoms with E-state index in [4.69, 9.17) is 5.73 Å². The number of anilines is 1. The maximum absolute atomic E-state index is 5.90. The summed E-state index contributed by atoms with van der Waals surface area (Å²) in [4.78, 5) is 2.19. The molecule has 1 unspecified atom stereocenters. The van der Waals surface area contributed by atoms with Crippen LogP contribution in [-0.2, 0) is 0 Å². The third-order valence-corrected chi connectivity index (χ3v) is 2.22. The van der Waals surface area contributed by atoms with Gasteiger partial charge in [0.05, 0.1) is 0 Å². The summed E-state index contributed by atoms with van der Waals surface area (Å²) in [6.45, 7) is 0.944. The van der Waals surface area contributed by atoms with Crippen molar-refractivity contribution in [2.75, 3.05) is 18.5 Å². The molecule has 2 rings (SSSR count). The van der Waals surface area contributed by atoms with Gasteiger partial charge in [-0.2, -0.15) is 0 Å². The summed E-state index contributed by atoms with van der Waals surface area (Å²) in [5.41, 5.74) is 8.45. The Bertz CT molecular complexity index is 243. The van der Waals surface area contributed by atoms with Crippen LogP contribution in [0.4, 0.5) is 5.69 Å². The fraction of sp³-hybridized carbons (Fsp3) is 0.333. The van der Waals surface area contributed by atoms with E-state index >= 15 is 0 Å². The Labute approximate surface area is 66.6 Å². The van der Waals surface area contributed by atoms with E-state index in [-0.39, 0.29) is 6.04 Å². The molecule has 2 nitrogen and oxygen atoms in total. The summed E-state index contributed by atoms with van der Waals surface area (Å²) < 4.78 is 0. The summed E-state index contributed by atoms with van der Waals surface area (Å²) >= 11 is 0. The van der Waals surface area contributed by atoms with Crippen molar-refractivity contribution in [2.24, 2.45) is 5.73 Å². The van der Waals surface area contributed by atoms with E-state index in [1.165, 1.54) is 11.3 Å². The average Bonchev–Trinajstić information content (AvgIpc) is 2.30. The van der Waals surface area contributed by atoms with Gasteiger partial charge < -0.3 is 10.6 Å². The Balaban J connectivity index is 2.52. The molecular formula is C9H12N2. The van der Waals surface area contributed by atoms with Crippen LogP contribution in [0.25, 0.3) is 0 Å². The van der Waals surface area contributed by atoms with Crippen LogP contribution in [0.15, 0.2) is 24.3 Å². The standard InChI is InChI=1S/C9H12N2/c1-11-6-8(10)7-4-2-3-5-9(7)11/h2-5,8H,6,10H2,1H3. The highest BCUT2D eigenvalue weighted by Crippen LogP contribution is 2.31. The molecule has 2 N–H and O–H groups in total. The first-order chi connectivity index (χ1) is 5.29. The number of benzene rings is 1. The van der Waals surface area contributed by atoms with Crippen LogP contribution in [0.1, 0.15) is 11.6 Å². The molecule has 0 saturated heterocycles. The van der Waals surface area contributed by atoms with Crippen LogP contribution in [0.3, 0.4) is 0 Å². The second-order valence-electron chi connectivity index (χ2n) is 3.05. The highest BCUT2D eigenvalue weighted by molar-refractivity contribution is 5.58. The molecule has 1 aromatic rings. The second kappa shape index (κ2) is 2.24. The lowest BCUT2D eigenvalue weighted by atomic mass is 10.1. The van der Waals surface area contributed by atoms with Crippen molar-refractivity contribution in [1.82, 2.24) is 0 Å². The predicted molar refractivity (Wildman–Crippen MR) is 46.6 cm³/mol. The molecule has 1 aliphatic rings. The van der Waals surface area contributed by atoms with Crippen molar-refractivity contribution >= 4 is 5.69 Å². The Hall–Kier alpha value is -1.02. The van der Waals surface area contributed by atoms with Crippen LogP contribution in [0.2, 0.25) is 0 Å². The van der Waals surface area contributed by atoms with Crippen molar-refractivity contribution < 1.29 is 0 Å². The lowest BCUT2D eigenvalue weighted by Gasteiger charge is -2.10. The molecular weight excluding hydrogens is 136 g/mol. The molecule has 1 atom stereocenters. The van der Waals surface area contributed by atoms with Crippen molar-refractivity contribution in [1.29, 1.82) is 0 Å². The third-order valence-electron chi connectivity index (χ3n) is 2.22. The maximum Gasteiger partial charge on any atom is 0.0493 e. The van der Waals surface area contributed by atoms with E-state index in [9.17, 15) is 0 Å². The summed E-state index contributed by atoms with van der Waals surface area (Å²) in [6, 6.07) is 8.51. The molecule has 0 saturated carbocycles. The van der Waals surface area contributed by atoms with Gasteiger partial charge in [-0.05, 0) is 11.6 Å². The third kappa shape index (κ3) is 0.906. The summed E-state index contributed by atoms with van der Waals surface area (Å²) in [6.07, 6.45) is 0. The molecule has 58 valence electrons. The van der Waals surface area contributed by atoms with Gasteiger partial charge in [0.15, 0.2) is 0 Å². The fourth-order valence-electron chi connectivity index (χ4n) is 1.64. The van der Waals surface area contributed by atoms with Crippen LogP contribution in [-0.4, -0.2) is 13.6 Å². The first kappa shape index (κ1) is 6.68. The Morgan fingerprint density at radius 2 is 2.18 bits per heavy atom. The zero-order valence-electron chi connectivity index (χ0n) is 6.62. The maximum atomic E-state index is 5.90. The zero-order valence-corrected chi connectivity index (χ0v) is 6.62. The highest BCUT2D eigenvalue weighted by atomic mass is 15.1. The van der Waals surface area contributed by atoms with Crippen molar-refractivity contribution in [2.45, 2.75) is 6.04 Å². The van der Waals surface area contributed by atoms with Gasteiger partial charge in [0, 0.05) is 25.3 Å². The number of para-hydroxylation sites is 1. The minimum atomic E-state index is 0.205. The topological polar surface area (TPSA) is 29.3 Å². The van der Waals surface area contributed by atoms with Gasteiger partial charge in [-0.25, -0.2) is 0 Å². The first-order valence-corrected chi connectivity index (χ1v) is 3.84. The number of likely N-dealkylation sites (N-methyl/N-ethyl adjacent to an activating group) is 1. The van der Waals surface area contributed by atoms with Gasteiger partial charge in [0.2, 0.25) is 0 Å². The minimum absolute atomic E-state index is 0.205. The predicted octanol–water partition coefficient (Wildman–Crippen LogP) is 1.14. The largest absolute Gasteiger partial charge is 0.372 e. The van der Waals surface area contributed by atoms with Gasteiger partial charge in [-0.15, -0.1) is 0 Å². The molecule has 0 spiro atoms. The summed E-state index contributed by atoms with van der Waals surface area (Å²) in [7, 11) is 2.08. The Morgan fingerprint density at radius 1 is 1.45 bits per heavy atom. The second-order valence-corrected chi connectivity index (χ2v) is 3.05. The molecule has 1 aromatic carbocycles. The fourth-order valence-corrected chi connectivity index (χ4v) is 1.64. The van der Waals surface area contributed by atoms with E-state index < -0.39 is 0 Å². The monoisotopic (exact) mass is 148 g/mol. The van der Waals surface area contributed by atoms with Crippen molar-refractivity contribution in [3.63, 3.8) is 0 Å². The Morgan fingerprint density at radius 3 is 2.91 bits per heavy atom. The van der Waals surface area contributed by atoms with E-state index in [1.807, 2.05) is 12.1 Å². The molecule has 1 aliphatic heterocycles. The van der Waals surface area contributed by atoms with E-state index in [2.05, 4.69) is 24.1 Å². The molecule has 0 amide bonds. The number of hydrogen-bond acceptors (Lipinski definition) is 2. The molecule has 1 heterocycles. The number of hydrogen-bond donors (Lipinski definition) is 1. The number of fused-ring (bicyclic) bond motifs is 1. The number of rotatable bonds is 0. The van der Waals surface area contributed by atoms with Gasteiger partial charge in [-0.1, -0.05) is 18.2 Å². The lowest BCUT2D eigenvalue weighted by Crippen LogP contribution is -2.19. The average molecular weight is 148 g/mol. The van der Waals surface area contributed by atoms with Crippen LogP contribution in [0.5, 0.6) is 0 Å². The Kier molecular flexibility index (Phi) is 1.36. The van der Waals surface area contributed by atoms with Crippen molar-refractivity contribution in [3.05, 3.63) is 29.8 Å². The van der Waals surface area contributed by atoms with Gasteiger partial charge in [0.25, 0.3) is 0 Å². The number of nitrogens with zero attached hydrogens (tertiary/aromatic N) is 1. The molecule has 0 aliphatic carbocycles. The SMILES string of the molecule is CN1CC(N)c2ccccc21. The normalized spacial score (nSPS) is 22.0. The van der Waals surface area contributed by atoms with Crippen LogP contribution < -0.4 is 10.6 Å². The van der Waals surface area contributed by atoms with E-state index in [1.54, 1.807) is 0 Å². The minimum Gasteiger partial charge on any atom is -0.372 e. The lowest BCUT2D eigenvalue weighted by molar-refractivity contribution is 0.760. The van der Waals surface area contributed by atoms with Crippen LogP contribution >= 0.6 is 0 Å². The van der Waals surface area contributed by atoms with Gasteiger partial charge >= 0.3 is 0 Å². The molecule has 2 heteroatoms. The molecule has 0 fully saturated rings. The summed E-state index contributed by atoms with van der Waals surface area (Å²) in [5.74, 6) is 0. The highest BCUT2D eigenvalue weighted by Gasteiger charge is 2.21. The quantitative estimate of drug-likeness (QED) is 0.597. The number of nitrogens with two attached hydrogens (primary N) is 1. The first-order valence-electron chi connectivity index (χ1n) is 3.84. The van der Waals surface area contributed by atoms with Gasteiger partial charge in [-0.3, -0.25) is 0 Å². The molecule has 0 bridgehead atoms.